The van der Waals surface area contributed by atoms with Crippen molar-refractivity contribution >= 4 is 15.8 Å². The molecule has 1 aromatic rings. The van der Waals surface area contributed by atoms with Crippen LogP contribution in [-0.2, 0) is 15.3 Å². The van der Waals surface area contributed by atoms with Gasteiger partial charge in [0.15, 0.2) is 5.96 Å². The number of hydrogen-bond donors (Lipinski definition) is 2. The van der Waals surface area contributed by atoms with Crippen LogP contribution >= 0.6 is 0 Å². The molecule has 5 nitrogen and oxygen atoms in total. The summed E-state index contributed by atoms with van der Waals surface area (Å²) in [6.07, 6.45) is 1.83. The number of benzene rings is 1. The second-order valence-electron chi connectivity index (χ2n) is 6.91. The average molecular weight is 354 g/mol. The van der Waals surface area contributed by atoms with Crippen LogP contribution in [-0.4, -0.2) is 45.5 Å². The van der Waals surface area contributed by atoms with Crippen LogP contribution < -0.4 is 10.6 Å². The van der Waals surface area contributed by atoms with E-state index in [0.29, 0.717) is 13.0 Å². The van der Waals surface area contributed by atoms with E-state index < -0.39 is 9.84 Å². The summed E-state index contributed by atoms with van der Waals surface area (Å²) in [4.78, 5) is 4.69. The average Bonchev–Trinajstić information content (AvgIpc) is 2.51. The monoisotopic (exact) mass is 353 g/mol. The van der Waals surface area contributed by atoms with Crippen molar-refractivity contribution in [3.05, 3.63) is 35.9 Å². The van der Waals surface area contributed by atoms with E-state index in [1.54, 1.807) is 0 Å². The molecule has 1 atom stereocenters. The fourth-order valence-electron chi connectivity index (χ4n) is 2.27. The first-order chi connectivity index (χ1) is 11.1. The van der Waals surface area contributed by atoms with Crippen molar-refractivity contribution in [2.75, 3.05) is 25.1 Å². The summed E-state index contributed by atoms with van der Waals surface area (Å²) in [6, 6.07) is 10.4. The van der Waals surface area contributed by atoms with E-state index in [2.05, 4.69) is 36.6 Å². The van der Waals surface area contributed by atoms with Gasteiger partial charge in [0.25, 0.3) is 0 Å². The summed E-state index contributed by atoms with van der Waals surface area (Å²) in [6.45, 7) is 9.73. The van der Waals surface area contributed by atoms with Gasteiger partial charge in [0.1, 0.15) is 9.84 Å². The Labute approximate surface area is 146 Å². The van der Waals surface area contributed by atoms with Gasteiger partial charge in [-0.15, -0.1) is 0 Å². The molecule has 0 spiro atoms. The van der Waals surface area contributed by atoms with Gasteiger partial charge in [-0.3, -0.25) is 4.99 Å². The molecule has 0 aromatic heterocycles. The van der Waals surface area contributed by atoms with E-state index in [1.807, 2.05) is 32.0 Å². The first-order valence-corrected chi connectivity index (χ1v) is 10.5. The number of guanidine groups is 1. The zero-order valence-corrected chi connectivity index (χ0v) is 16.3. The quantitative estimate of drug-likeness (QED) is 0.556. The molecule has 0 heterocycles. The molecule has 0 aliphatic carbocycles. The Bertz CT molecular complexity index is 625. The standard InChI is InChI=1S/C18H31N3O2S/c1-6-19-17(21-15(2)12-13-24(5,22)23)20-14-18(3,4)16-10-8-7-9-11-16/h7-11,15H,6,12-14H2,1-5H3,(H2,19,20,21). The number of rotatable bonds is 8. The first-order valence-electron chi connectivity index (χ1n) is 8.42. The van der Waals surface area contributed by atoms with E-state index >= 15 is 0 Å². The lowest BCUT2D eigenvalue weighted by Crippen LogP contribution is -2.43. The number of nitrogens with one attached hydrogen (secondary N) is 2. The van der Waals surface area contributed by atoms with Crippen molar-refractivity contribution in [2.45, 2.75) is 45.6 Å². The van der Waals surface area contributed by atoms with Gasteiger partial charge < -0.3 is 10.6 Å². The summed E-state index contributed by atoms with van der Waals surface area (Å²) >= 11 is 0. The van der Waals surface area contributed by atoms with E-state index in [1.165, 1.54) is 11.8 Å². The van der Waals surface area contributed by atoms with Gasteiger partial charge in [-0.2, -0.15) is 0 Å². The largest absolute Gasteiger partial charge is 0.357 e. The van der Waals surface area contributed by atoms with Crippen molar-refractivity contribution in [3.63, 3.8) is 0 Å². The normalized spacial score (nSPS) is 14.3. The molecule has 0 aliphatic rings. The molecule has 2 N–H and O–H groups in total. The van der Waals surface area contributed by atoms with E-state index in [-0.39, 0.29) is 17.2 Å². The minimum Gasteiger partial charge on any atom is -0.357 e. The molecule has 0 radical (unpaired) electrons. The zero-order chi connectivity index (χ0) is 18.2. The maximum atomic E-state index is 11.3. The van der Waals surface area contributed by atoms with Crippen LogP contribution in [0.25, 0.3) is 0 Å². The lowest BCUT2D eigenvalue weighted by Gasteiger charge is -2.24. The molecule has 1 rings (SSSR count). The molecule has 0 bridgehead atoms. The van der Waals surface area contributed by atoms with E-state index in [9.17, 15) is 8.42 Å². The Hall–Kier alpha value is -1.56. The van der Waals surface area contributed by atoms with Crippen LogP contribution in [0, 0.1) is 0 Å². The molecule has 1 unspecified atom stereocenters. The Morgan fingerprint density at radius 3 is 2.42 bits per heavy atom. The minimum atomic E-state index is -2.94. The van der Waals surface area contributed by atoms with Crippen LogP contribution in [0.1, 0.15) is 39.7 Å². The number of sulfone groups is 1. The van der Waals surface area contributed by atoms with Gasteiger partial charge in [0.2, 0.25) is 0 Å². The molecule has 1 aromatic carbocycles. The Kier molecular flexibility index (Phi) is 7.73. The van der Waals surface area contributed by atoms with Crippen LogP contribution in [0.4, 0.5) is 0 Å². The number of aliphatic imine (C=N–C) groups is 1. The maximum absolute atomic E-state index is 11.3. The Balaban J connectivity index is 2.71. The molecule has 0 fully saturated rings. The second-order valence-corrected chi connectivity index (χ2v) is 9.17. The van der Waals surface area contributed by atoms with Gasteiger partial charge in [-0.1, -0.05) is 44.2 Å². The fourth-order valence-corrected chi connectivity index (χ4v) is 3.06. The van der Waals surface area contributed by atoms with Crippen LogP contribution in [0.3, 0.4) is 0 Å². The number of hydrogen-bond acceptors (Lipinski definition) is 3. The van der Waals surface area contributed by atoms with Gasteiger partial charge in [0.05, 0.1) is 12.3 Å². The third kappa shape index (κ3) is 7.81. The van der Waals surface area contributed by atoms with Crippen molar-refractivity contribution < 1.29 is 8.42 Å². The van der Waals surface area contributed by atoms with Gasteiger partial charge >= 0.3 is 0 Å². The molecular formula is C18H31N3O2S. The highest BCUT2D eigenvalue weighted by Crippen LogP contribution is 2.22. The Morgan fingerprint density at radius 1 is 1.25 bits per heavy atom. The van der Waals surface area contributed by atoms with Crippen LogP contribution in [0.5, 0.6) is 0 Å². The van der Waals surface area contributed by atoms with Gasteiger partial charge in [-0.25, -0.2) is 8.42 Å². The maximum Gasteiger partial charge on any atom is 0.191 e. The van der Waals surface area contributed by atoms with Crippen molar-refractivity contribution in [1.29, 1.82) is 0 Å². The van der Waals surface area contributed by atoms with E-state index in [4.69, 9.17) is 4.99 Å². The van der Waals surface area contributed by atoms with Gasteiger partial charge in [0, 0.05) is 24.3 Å². The molecule has 6 heteroatoms. The predicted molar refractivity (Wildman–Crippen MR) is 102 cm³/mol. The topological polar surface area (TPSA) is 70.6 Å². The summed E-state index contributed by atoms with van der Waals surface area (Å²) in [5.74, 6) is 0.901. The number of nitrogens with zero attached hydrogens (tertiary/aromatic N) is 1. The summed E-state index contributed by atoms with van der Waals surface area (Å²) in [5, 5.41) is 6.51. The third-order valence-corrected chi connectivity index (χ3v) is 4.81. The summed E-state index contributed by atoms with van der Waals surface area (Å²) in [7, 11) is -2.94. The summed E-state index contributed by atoms with van der Waals surface area (Å²) in [5.41, 5.74) is 1.18. The van der Waals surface area contributed by atoms with Crippen molar-refractivity contribution in [1.82, 2.24) is 10.6 Å². The molecule has 0 amide bonds. The molecular weight excluding hydrogens is 322 g/mol. The summed E-state index contributed by atoms with van der Waals surface area (Å²) < 4.78 is 22.6. The van der Waals surface area contributed by atoms with Crippen LogP contribution in [0.2, 0.25) is 0 Å². The SMILES string of the molecule is CCNC(=NCC(C)(C)c1ccccc1)NC(C)CCS(C)(=O)=O. The molecule has 24 heavy (non-hydrogen) atoms. The van der Waals surface area contributed by atoms with Gasteiger partial charge in [-0.05, 0) is 25.8 Å². The molecule has 0 saturated heterocycles. The van der Waals surface area contributed by atoms with E-state index in [0.717, 1.165) is 12.5 Å². The highest BCUT2D eigenvalue weighted by atomic mass is 32.2. The van der Waals surface area contributed by atoms with Crippen molar-refractivity contribution in [3.8, 4) is 0 Å². The first kappa shape index (κ1) is 20.5. The van der Waals surface area contributed by atoms with Crippen molar-refractivity contribution in [2.24, 2.45) is 4.99 Å². The highest BCUT2D eigenvalue weighted by molar-refractivity contribution is 7.90. The lowest BCUT2D eigenvalue weighted by atomic mass is 9.85. The molecule has 136 valence electrons. The lowest BCUT2D eigenvalue weighted by molar-refractivity contribution is 0.533. The highest BCUT2D eigenvalue weighted by Gasteiger charge is 2.20. The fraction of sp³-hybridized carbons (Fsp3) is 0.611. The Morgan fingerprint density at radius 2 is 1.88 bits per heavy atom. The second kappa shape index (κ2) is 9.06. The molecule has 0 aliphatic heterocycles. The zero-order valence-electron chi connectivity index (χ0n) is 15.5. The third-order valence-electron chi connectivity index (χ3n) is 3.84. The smallest absolute Gasteiger partial charge is 0.191 e. The minimum absolute atomic E-state index is 0.0392. The van der Waals surface area contributed by atoms with Crippen LogP contribution in [0.15, 0.2) is 35.3 Å². The molecule has 0 saturated carbocycles. The predicted octanol–water partition coefficient (Wildman–Crippen LogP) is 2.34.